The summed E-state index contributed by atoms with van der Waals surface area (Å²) in [7, 11) is 1.63. The van der Waals surface area contributed by atoms with Crippen molar-refractivity contribution in [3.05, 3.63) is 30.2 Å². The van der Waals surface area contributed by atoms with Gasteiger partial charge in [0.2, 0.25) is 17.6 Å². The number of ether oxygens (including phenoxy) is 1. The highest BCUT2D eigenvalue weighted by Crippen LogP contribution is 2.28. The van der Waals surface area contributed by atoms with Gasteiger partial charge in [-0.15, -0.1) is 0 Å². The maximum Gasteiger partial charge on any atom is 0.241 e. The molecular weight excluding hydrogens is 356 g/mol. The number of carbonyl (C=O) groups excluding carboxylic acids is 1. The lowest BCUT2D eigenvalue weighted by molar-refractivity contribution is -0.138. The first-order valence-electron chi connectivity index (χ1n) is 10.2. The molecule has 2 heterocycles. The highest BCUT2D eigenvalue weighted by molar-refractivity contribution is 5.79. The van der Waals surface area contributed by atoms with Crippen LogP contribution in [0.25, 0.3) is 11.4 Å². The minimum Gasteiger partial charge on any atom is -0.496 e. The van der Waals surface area contributed by atoms with E-state index in [9.17, 15) is 4.79 Å². The van der Waals surface area contributed by atoms with Gasteiger partial charge in [-0.25, -0.2) is 0 Å². The Hall–Kier alpha value is -2.41. The smallest absolute Gasteiger partial charge is 0.241 e. The second-order valence-corrected chi connectivity index (χ2v) is 7.65. The molecule has 0 bridgehead atoms. The van der Waals surface area contributed by atoms with Gasteiger partial charge in [-0.1, -0.05) is 36.6 Å². The number of carbonyl (C=O) groups is 1. The zero-order valence-electron chi connectivity index (χ0n) is 16.5. The van der Waals surface area contributed by atoms with E-state index >= 15 is 0 Å². The van der Waals surface area contributed by atoms with E-state index in [1.165, 1.54) is 19.3 Å². The number of hydrogen-bond acceptors (Lipinski definition) is 6. The van der Waals surface area contributed by atoms with Gasteiger partial charge in [0.05, 0.1) is 19.2 Å². The van der Waals surface area contributed by atoms with Gasteiger partial charge < -0.3 is 14.2 Å². The molecule has 1 aromatic carbocycles. The Morgan fingerprint density at radius 2 is 1.89 bits per heavy atom. The first kappa shape index (κ1) is 18.9. The molecule has 28 heavy (non-hydrogen) atoms. The molecule has 7 heteroatoms. The van der Waals surface area contributed by atoms with E-state index in [2.05, 4.69) is 15.0 Å². The molecule has 0 N–H and O–H groups in total. The average molecular weight is 384 g/mol. The number of para-hydroxylation sites is 1. The van der Waals surface area contributed by atoms with E-state index in [1.807, 2.05) is 29.2 Å². The number of amides is 1. The van der Waals surface area contributed by atoms with Crippen LogP contribution in [0.4, 0.5) is 0 Å². The first-order chi connectivity index (χ1) is 13.7. The molecule has 1 amide bonds. The lowest BCUT2D eigenvalue weighted by atomic mass is 9.88. The average Bonchev–Trinajstić information content (AvgIpc) is 3.22. The number of rotatable bonds is 5. The molecule has 1 aromatic heterocycles. The molecule has 2 aromatic rings. The lowest BCUT2D eigenvalue weighted by Gasteiger charge is -2.36. The fourth-order valence-electron chi connectivity index (χ4n) is 4.18. The maximum atomic E-state index is 12.7. The van der Waals surface area contributed by atoms with Crippen molar-refractivity contribution >= 4 is 5.91 Å². The second-order valence-electron chi connectivity index (χ2n) is 7.65. The third-order valence-corrected chi connectivity index (χ3v) is 5.81. The molecule has 1 saturated carbocycles. The first-order valence-corrected chi connectivity index (χ1v) is 10.2. The predicted molar refractivity (Wildman–Crippen MR) is 105 cm³/mol. The Bertz CT molecular complexity index is 792. The predicted octanol–water partition coefficient (Wildman–Crippen LogP) is 2.97. The van der Waals surface area contributed by atoms with Gasteiger partial charge in [0.1, 0.15) is 5.75 Å². The lowest BCUT2D eigenvalue weighted by Crippen LogP contribution is -2.50. The van der Waals surface area contributed by atoms with Crippen LogP contribution >= 0.6 is 0 Å². The van der Waals surface area contributed by atoms with Crippen LogP contribution < -0.4 is 4.74 Å². The third-order valence-electron chi connectivity index (χ3n) is 5.81. The molecule has 0 atom stereocenters. The van der Waals surface area contributed by atoms with Gasteiger partial charge in [-0.2, -0.15) is 4.98 Å². The Kier molecular flexibility index (Phi) is 5.90. The Labute approximate surface area is 165 Å². The molecule has 7 nitrogen and oxygen atoms in total. The highest BCUT2D eigenvalue weighted by atomic mass is 16.5. The molecule has 2 fully saturated rings. The number of hydrogen-bond donors (Lipinski definition) is 0. The van der Waals surface area contributed by atoms with E-state index in [0.717, 1.165) is 50.3 Å². The van der Waals surface area contributed by atoms with E-state index in [-0.39, 0.29) is 5.92 Å². The van der Waals surface area contributed by atoms with Crippen LogP contribution in [0.2, 0.25) is 0 Å². The van der Waals surface area contributed by atoms with Crippen molar-refractivity contribution in [2.24, 2.45) is 5.92 Å². The third kappa shape index (κ3) is 4.19. The van der Waals surface area contributed by atoms with Crippen molar-refractivity contribution in [3.8, 4) is 17.1 Å². The van der Waals surface area contributed by atoms with Gasteiger partial charge in [0.25, 0.3) is 0 Å². The largest absolute Gasteiger partial charge is 0.496 e. The zero-order valence-corrected chi connectivity index (χ0v) is 16.5. The molecular formula is C21H28N4O3. The topological polar surface area (TPSA) is 71.7 Å². The van der Waals surface area contributed by atoms with E-state index in [4.69, 9.17) is 9.26 Å². The molecule has 0 unspecified atom stereocenters. The Morgan fingerprint density at radius 1 is 1.14 bits per heavy atom. The van der Waals surface area contributed by atoms with Crippen molar-refractivity contribution in [2.45, 2.75) is 38.6 Å². The summed E-state index contributed by atoms with van der Waals surface area (Å²) < 4.78 is 10.8. The quantitative estimate of drug-likeness (QED) is 0.789. The summed E-state index contributed by atoms with van der Waals surface area (Å²) in [5.74, 6) is 2.46. The van der Waals surface area contributed by atoms with Crippen LogP contribution in [-0.2, 0) is 11.3 Å². The Morgan fingerprint density at radius 3 is 2.64 bits per heavy atom. The summed E-state index contributed by atoms with van der Waals surface area (Å²) in [5.41, 5.74) is 0.822. The van der Waals surface area contributed by atoms with E-state index < -0.39 is 0 Å². The molecule has 2 aliphatic rings. The van der Waals surface area contributed by atoms with E-state index in [1.54, 1.807) is 7.11 Å². The molecule has 1 saturated heterocycles. The van der Waals surface area contributed by atoms with Crippen molar-refractivity contribution in [3.63, 3.8) is 0 Å². The number of aromatic nitrogens is 2. The normalized spacial score (nSPS) is 19.0. The van der Waals surface area contributed by atoms with Gasteiger partial charge in [0.15, 0.2) is 0 Å². The van der Waals surface area contributed by atoms with Crippen molar-refractivity contribution in [1.82, 2.24) is 19.9 Å². The summed E-state index contributed by atoms with van der Waals surface area (Å²) in [6.07, 6.45) is 5.79. The van der Waals surface area contributed by atoms with Crippen LogP contribution in [0, 0.1) is 5.92 Å². The van der Waals surface area contributed by atoms with Crippen molar-refractivity contribution < 1.29 is 14.1 Å². The summed E-state index contributed by atoms with van der Waals surface area (Å²) >= 11 is 0. The maximum absolute atomic E-state index is 12.7. The number of benzene rings is 1. The Balaban J connectivity index is 1.32. The molecule has 0 spiro atoms. The van der Waals surface area contributed by atoms with Gasteiger partial charge >= 0.3 is 0 Å². The summed E-state index contributed by atoms with van der Waals surface area (Å²) in [6.45, 7) is 3.84. The summed E-state index contributed by atoms with van der Waals surface area (Å²) in [5, 5.41) is 4.11. The van der Waals surface area contributed by atoms with Crippen LogP contribution in [0.1, 0.15) is 38.0 Å². The second kappa shape index (κ2) is 8.73. The SMILES string of the molecule is COc1ccccc1-c1noc(CN2CCN(C(=O)C3CCCCC3)CC2)n1. The van der Waals surface area contributed by atoms with Crippen LogP contribution in [0.3, 0.4) is 0 Å². The minimum absolute atomic E-state index is 0.250. The highest BCUT2D eigenvalue weighted by Gasteiger charge is 2.29. The fraction of sp³-hybridized carbons (Fsp3) is 0.571. The van der Waals surface area contributed by atoms with E-state index in [0.29, 0.717) is 24.2 Å². The summed E-state index contributed by atoms with van der Waals surface area (Å²) in [6, 6.07) is 7.64. The van der Waals surface area contributed by atoms with Gasteiger partial charge in [0, 0.05) is 32.1 Å². The zero-order chi connectivity index (χ0) is 19.3. The monoisotopic (exact) mass is 384 g/mol. The summed E-state index contributed by atoms with van der Waals surface area (Å²) in [4.78, 5) is 21.5. The van der Waals surface area contributed by atoms with Gasteiger partial charge in [-0.3, -0.25) is 9.69 Å². The van der Waals surface area contributed by atoms with Crippen molar-refractivity contribution in [2.75, 3.05) is 33.3 Å². The number of methoxy groups -OCH3 is 1. The number of nitrogens with zero attached hydrogens (tertiary/aromatic N) is 4. The van der Waals surface area contributed by atoms with Crippen LogP contribution in [-0.4, -0.2) is 59.1 Å². The fourth-order valence-corrected chi connectivity index (χ4v) is 4.18. The molecule has 0 radical (unpaired) electrons. The van der Waals surface area contributed by atoms with Gasteiger partial charge in [-0.05, 0) is 25.0 Å². The van der Waals surface area contributed by atoms with Crippen molar-refractivity contribution in [1.29, 1.82) is 0 Å². The standard InChI is InChI=1S/C21H28N4O3/c1-27-18-10-6-5-9-17(18)20-22-19(28-23-20)15-24-11-13-25(14-12-24)21(26)16-7-3-2-4-8-16/h5-6,9-10,16H,2-4,7-8,11-15H2,1H3. The molecule has 1 aliphatic carbocycles. The van der Waals surface area contributed by atoms with Crippen LogP contribution in [0.5, 0.6) is 5.75 Å². The molecule has 4 rings (SSSR count). The molecule has 1 aliphatic heterocycles. The minimum atomic E-state index is 0.250. The molecule has 150 valence electrons. The van der Waals surface area contributed by atoms with Crippen LogP contribution in [0.15, 0.2) is 28.8 Å². The number of piperazine rings is 1.